The summed E-state index contributed by atoms with van der Waals surface area (Å²) in [6, 6.07) is 9.98. The zero-order valence-electron chi connectivity index (χ0n) is 10.2. The molecule has 2 aromatic carbocycles. The van der Waals surface area contributed by atoms with Crippen LogP contribution < -0.4 is 5.73 Å². The van der Waals surface area contributed by atoms with E-state index in [1.165, 1.54) is 12.1 Å². The Labute approximate surface area is 114 Å². The Hall–Kier alpha value is -2.07. The molecule has 19 heavy (non-hydrogen) atoms. The normalized spacial score (nSPS) is 11.1. The summed E-state index contributed by atoms with van der Waals surface area (Å²) in [7, 11) is 0. The molecule has 0 fully saturated rings. The van der Waals surface area contributed by atoms with Gasteiger partial charge in [0.1, 0.15) is 5.82 Å². The van der Waals surface area contributed by atoms with Crippen molar-refractivity contribution in [3.8, 4) is 5.69 Å². The van der Waals surface area contributed by atoms with Crippen LogP contribution >= 0.6 is 11.6 Å². The van der Waals surface area contributed by atoms with E-state index in [1.807, 2.05) is 25.1 Å². The first-order valence-corrected chi connectivity index (χ1v) is 6.14. The molecule has 0 amide bonds. The number of imidazole rings is 1. The molecule has 96 valence electrons. The monoisotopic (exact) mass is 275 g/mol. The maximum Gasteiger partial charge on any atom is 0.205 e. The van der Waals surface area contributed by atoms with Crippen LogP contribution in [0.1, 0.15) is 5.56 Å². The van der Waals surface area contributed by atoms with Crippen LogP contribution in [0, 0.1) is 12.7 Å². The molecule has 1 aromatic heterocycles. The average molecular weight is 276 g/mol. The van der Waals surface area contributed by atoms with Gasteiger partial charge in [0.05, 0.1) is 16.7 Å². The predicted octanol–water partition coefficient (Wildman–Crippen LogP) is 3.71. The number of hydrogen-bond donors (Lipinski definition) is 1. The third-order valence-corrected chi connectivity index (χ3v) is 3.53. The second kappa shape index (κ2) is 4.24. The molecule has 3 rings (SSSR count). The van der Waals surface area contributed by atoms with Crippen molar-refractivity contribution < 1.29 is 4.39 Å². The molecule has 1 heterocycles. The number of nitrogens with two attached hydrogens (primary N) is 1. The Morgan fingerprint density at radius 1 is 1.26 bits per heavy atom. The van der Waals surface area contributed by atoms with Gasteiger partial charge in [0.15, 0.2) is 0 Å². The van der Waals surface area contributed by atoms with E-state index >= 15 is 0 Å². The molecule has 3 aromatic rings. The van der Waals surface area contributed by atoms with Gasteiger partial charge >= 0.3 is 0 Å². The first-order chi connectivity index (χ1) is 9.08. The highest BCUT2D eigenvalue weighted by molar-refractivity contribution is 6.31. The number of fused-ring (bicyclic) bond motifs is 1. The lowest BCUT2D eigenvalue weighted by molar-refractivity contribution is 0.629. The fraction of sp³-hybridized carbons (Fsp3) is 0.0714. The van der Waals surface area contributed by atoms with Crippen molar-refractivity contribution in [3.63, 3.8) is 0 Å². The smallest absolute Gasteiger partial charge is 0.205 e. The number of rotatable bonds is 1. The summed E-state index contributed by atoms with van der Waals surface area (Å²) in [4.78, 5) is 4.18. The Morgan fingerprint density at radius 3 is 2.84 bits per heavy atom. The third-order valence-electron chi connectivity index (χ3n) is 3.12. The zero-order valence-corrected chi connectivity index (χ0v) is 10.9. The van der Waals surface area contributed by atoms with Crippen molar-refractivity contribution in [2.24, 2.45) is 0 Å². The molecule has 0 aliphatic heterocycles. The Bertz CT molecular complexity index is 780. The highest BCUT2D eigenvalue weighted by Gasteiger charge is 2.13. The summed E-state index contributed by atoms with van der Waals surface area (Å²) in [6.45, 7) is 1.91. The minimum atomic E-state index is -0.333. The quantitative estimate of drug-likeness (QED) is 0.736. The fourth-order valence-electron chi connectivity index (χ4n) is 2.16. The molecule has 0 atom stereocenters. The number of hydrogen-bond acceptors (Lipinski definition) is 2. The maximum absolute atomic E-state index is 13.2. The van der Waals surface area contributed by atoms with Gasteiger partial charge in [-0.15, -0.1) is 0 Å². The van der Waals surface area contributed by atoms with Crippen LogP contribution in [0.15, 0.2) is 36.4 Å². The molecular formula is C14H11ClFN3. The predicted molar refractivity (Wildman–Crippen MR) is 75.2 cm³/mol. The average Bonchev–Trinajstić information content (AvgIpc) is 2.68. The van der Waals surface area contributed by atoms with Crippen molar-refractivity contribution in [3.05, 3.63) is 52.8 Å². The molecule has 2 N–H and O–H groups in total. The summed E-state index contributed by atoms with van der Waals surface area (Å²) in [5.74, 6) is -0.0223. The number of halogens is 2. The van der Waals surface area contributed by atoms with Gasteiger partial charge in [-0.25, -0.2) is 9.37 Å². The van der Waals surface area contributed by atoms with Gasteiger partial charge < -0.3 is 5.73 Å². The van der Waals surface area contributed by atoms with Crippen molar-refractivity contribution in [2.45, 2.75) is 6.92 Å². The minimum absolute atomic E-state index is 0.311. The van der Waals surface area contributed by atoms with E-state index in [9.17, 15) is 4.39 Å². The molecule has 0 aliphatic carbocycles. The molecule has 0 radical (unpaired) electrons. The summed E-state index contributed by atoms with van der Waals surface area (Å²) < 4.78 is 15.0. The van der Waals surface area contributed by atoms with Crippen LogP contribution in [-0.4, -0.2) is 9.55 Å². The van der Waals surface area contributed by atoms with Crippen LogP contribution in [0.2, 0.25) is 5.02 Å². The van der Waals surface area contributed by atoms with Gasteiger partial charge in [0, 0.05) is 11.1 Å². The Kier molecular flexibility index (Phi) is 2.68. The number of aromatic nitrogens is 2. The highest BCUT2D eigenvalue weighted by atomic mass is 35.5. The Morgan fingerprint density at radius 2 is 2.05 bits per heavy atom. The molecule has 0 unspecified atom stereocenters. The van der Waals surface area contributed by atoms with Gasteiger partial charge in [0.25, 0.3) is 0 Å². The molecule has 5 heteroatoms. The van der Waals surface area contributed by atoms with Crippen molar-refractivity contribution >= 4 is 28.6 Å². The number of nitrogens with zero attached hydrogens (tertiary/aromatic N) is 2. The second-order valence-corrected chi connectivity index (χ2v) is 4.73. The van der Waals surface area contributed by atoms with Crippen molar-refractivity contribution in [2.75, 3.05) is 5.73 Å². The molecular weight excluding hydrogens is 265 g/mol. The molecule has 0 saturated heterocycles. The summed E-state index contributed by atoms with van der Waals surface area (Å²) in [5, 5.41) is 0.654. The third kappa shape index (κ3) is 1.85. The standard InChI is InChI=1S/C14H11ClFN3/c1-8-10(15)3-2-4-12(8)19-13-6-5-9(16)7-11(13)18-14(19)17/h2-7H,1H3,(H2,17,18). The first kappa shape index (κ1) is 12.0. The van der Waals surface area contributed by atoms with Gasteiger partial charge in [-0.1, -0.05) is 17.7 Å². The second-order valence-electron chi connectivity index (χ2n) is 4.32. The summed E-state index contributed by atoms with van der Waals surface area (Å²) in [5.41, 5.74) is 8.97. The van der Waals surface area contributed by atoms with Crippen LogP contribution in [0.5, 0.6) is 0 Å². The lowest BCUT2D eigenvalue weighted by Gasteiger charge is -2.11. The molecule has 0 aliphatic rings. The van der Waals surface area contributed by atoms with Crippen molar-refractivity contribution in [1.29, 1.82) is 0 Å². The van der Waals surface area contributed by atoms with Gasteiger partial charge in [-0.3, -0.25) is 4.57 Å². The summed E-state index contributed by atoms with van der Waals surface area (Å²) >= 11 is 6.12. The number of nitrogen functional groups attached to an aromatic ring is 1. The van der Waals surface area contributed by atoms with E-state index in [0.29, 0.717) is 16.5 Å². The maximum atomic E-state index is 13.2. The highest BCUT2D eigenvalue weighted by Crippen LogP contribution is 2.28. The lowest BCUT2D eigenvalue weighted by Crippen LogP contribution is -2.02. The molecule has 3 nitrogen and oxygen atoms in total. The molecule has 0 spiro atoms. The van der Waals surface area contributed by atoms with Crippen LogP contribution in [0.25, 0.3) is 16.7 Å². The molecule has 0 bridgehead atoms. The topological polar surface area (TPSA) is 43.8 Å². The van der Waals surface area contributed by atoms with Crippen LogP contribution in [0.3, 0.4) is 0 Å². The van der Waals surface area contributed by atoms with E-state index in [4.69, 9.17) is 17.3 Å². The Balaban J connectivity index is 2.36. The first-order valence-electron chi connectivity index (χ1n) is 5.77. The largest absolute Gasteiger partial charge is 0.369 e. The van der Waals surface area contributed by atoms with E-state index < -0.39 is 0 Å². The zero-order chi connectivity index (χ0) is 13.6. The van der Waals surface area contributed by atoms with E-state index in [0.717, 1.165) is 16.8 Å². The fourth-order valence-corrected chi connectivity index (χ4v) is 2.33. The molecule has 0 saturated carbocycles. The van der Waals surface area contributed by atoms with E-state index in [2.05, 4.69) is 4.98 Å². The van der Waals surface area contributed by atoms with Crippen LogP contribution in [-0.2, 0) is 0 Å². The van der Waals surface area contributed by atoms with Gasteiger partial charge in [0.2, 0.25) is 5.95 Å². The summed E-state index contributed by atoms with van der Waals surface area (Å²) in [6.07, 6.45) is 0. The van der Waals surface area contributed by atoms with E-state index in [-0.39, 0.29) is 5.82 Å². The van der Waals surface area contributed by atoms with Crippen LogP contribution in [0.4, 0.5) is 10.3 Å². The van der Waals surface area contributed by atoms with Gasteiger partial charge in [-0.2, -0.15) is 0 Å². The number of anilines is 1. The number of benzene rings is 2. The van der Waals surface area contributed by atoms with Gasteiger partial charge in [-0.05, 0) is 36.8 Å². The van der Waals surface area contributed by atoms with E-state index in [1.54, 1.807) is 10.6 Å². The van der Waals surface area contributed by atoms with Crippen molar-refractivity contribution in [1.82, 2.24) is 9.55 Å². The SMILES string of the molecule is Cc1c(Cl)cccc1-n1c(N)nc2cc(F)ccc21. The lowest BCUT2D eigenvalue weighted by atomic mass is 10.2. The minimum Gasteiger partial charge on any atom is -0.369 e.